The maximum atomic E-state index is 13.2. The third-order valence-electron chi connectivity index (χ3n) is 1.84. The summed E-state index contributed by atoms with van der Waals surface area (Å²) >= 11 is 4.52. The van der Waals surface area contributed by atoms with Crippen LogP contribution in [0.25, 0.3) is 10.1 Å². The minimum Gasteiger partial charge on any atom is -0.499 e. The molecule has 2 rings (SSSR count). The molecule has 0 spiro atoms. The Morgan fingerprint density at radius 2 is 2.23 bits per heavy atom. The Morgan fingerprint density at radius 1 is 1.46 bits per heavy atom. The second-order valence-corrected chi connectivity index (χ2v) is 4.26. The Morgan fingerprint density at radius 3 is 2.92 bits per heavy atom. The van der Waals surface area contributed by atoms with Crippen LogP contribution in [0.5, 0.6) is 5.06 Å². The van der Waals surface area contributed by atoms with Crippen molar-refractivity contribution in [3.05, 3.63) is 29.6 Å². The Labute approximate surface area is 86.9 Å². The normalized spacial score (nSPS) is 10.9. The number of hydrogen-bond donors (Lipinski definition) is 1. The van der Waals surface area contributed by atoms with Gasteiger partial charge in [-0.1, -0.05) is 33.3 Å². The number of hydrogen-bond acceptors (Lipinski definition) is 2. The molecule has 1 heterocycles. The van der Waals surface area contributed by atoms with Crippen molar-refractivity contribution >= 4 is 37.4 Å². The van der Waals surface area contributed by atoms with Gasteiger partial charge in [0.25, 0.3) is 0 Å². The van der Waals surface area contributed by atoms with Crippen LogP contribution in [0.4, 0.5) is 4.39 Å². The molecule has 0 aliphatic heterocycles. The van der Waals surface area contributed by atoms with Crippen LogP contribution in [0, 0.1) is 5.82 Å². The summed E-state index contributed by atoms with van der Waals surface area (Å²) in [6, 6.07) is 4.61. The molecule has 0 bridgehead atoms. The van der Waals surface area contributed by atoms with E-state index in [0.29, 0.717) is 10.7 Å². The first-order chi connectivity index (χ1) is 6.22. The van der Waals surface area contributed by atoms with Crippen LogP contribution in [-0.2, 0) is 5.33 Å². The molecule has 1 N–H and O–H groups in total. The van der Waals surface area contributed by atoms with Crippen molar-refractivity contribution in [1.82, 2.24) is 0 Å². The van der Waals surface area contributed by atoms with Crippen LogP contribution >= 0.6 is 27.3 Å². The predicted octanol–water partition coefficient (Wildman–Crippen LogP) is 3.64. The van der Waals surface area contributed by atoms with E-state index in [1.54, 1.807) is 6.07 Å². The molecule has 2 aromatic rings. The van der Waals surface area contributed by atoms with Crippen molar-refractivity contribution in [2.75, 3.05) is 0 Å². The molecular formula is C9H6BrFOS. The highest BCUT2D eigenvalue weighted by molar-refractivity contribution is 9.08. The van der Waals surface area contributed by atoms with Crippen molar-refractivity contribution in [3.63, 3.8) is 0 Å². The average Bonchev–Trinajstić information content (AvgIpc) is 2.48. The molecule has 0 saturated carbocycles. The quantitative estimate of drug-likeness (QED) is 0.777. The van der Waals surface area contributed by atoms with Crippen LogP contribution in [0.15, 0.2) is 18.2 Å². The van der Waals surface area contributed by atoms with E-state index in [2.05, 4.69) is 15.9 Å². The van der Waals surface area contributed by atoms with Gasteiger partial charge in [-0.15, -0.1) is 0 Å². The van der Waals surface area contributed by atoms with Crippen molar-refractivity contribution in [2.45, 2.75) is 5.33 Å². The van der Waals surface area contributed by atoms with Crippen LogP contribution in [0.1, 0.15) is 5.56 Å². The third-order valence-corrected chi connectivity index (χ3v) is 3.46. The lowest BCUT2D eigenvalue weighted by atomic mass is 10.2. The van der Waals surface area contributed by atoms with Gasteiger partial charge in [0.2, 0.25) is 0 Å². The maximum absolute atomic E-state index is 13.2. The molecule has 0 unspecified atom stereocenters. The van der Waals surface area contributed by atoms with E-state index in [0.717, 1.165) is 10.3 Å². The highest BCUT2D eigenvalue weighted by Gasteiger charge is 2.08. The molecule has 0 amide bonds. The van der Waals surface area contributed by atoms with Gasteiger partial charge < -0.3 is 5.11 Å². The number of alkyl halides is 1. The van der Waals surface area contributed by atoms with Gasteiger partial charge in [-0.3, -0.25) is 0 Å². The van der Waals surface area contributed by atoms with Crippen LogP contribution in [-0.4, -0.2) is 5.11 Å². The first-order valence-electron chi connectivity index (χ1n) is 3.68. The fourth-order valence-corrected chi connectivity index (χ4v) is 2.81. The Kier molecular flexibility index (Phi) is 2.26. The summed E-state index contributed by atoms with van der Waals surface area (Å²) in [5.74, 6) is -0.281. The fourth-order valence-electron chi connectivity index (χ4n) is 1.24. The lowest BCUT2D eigenvalue weighted by molar-refractivity contribution is 0.491. The zero-order valence-electron chi connectivity index (χ0n) is 6.55. The number of fused-ring (bicyclic) bond motifs is 1. The van der Waals surface area contributed by atoms with Gasteiger partial charge in [0.15, 0.2) is 5.06 Å². The molecule has 68 valence electrons. The average molecular weight is 261 g/mol. The van der Waals surface area contributed by atoms with E-state index in [1.807, 2.05) is 0 Å². The molecule has 1 aromatic heterocycles. The standard InChI is InChI=1S/C9H6BrFOS/c10-4-5-1-2-7(11)6-3-8(12)13-9(5)6/h1-3,12H,4H2. The summed E-state index contributed by atoms with van der Waals surface area (Å²) in [7, 11) is 0. The van der Waals surface area contributed by atoms with Gasteiger partial charge in [-0.05, 0) is 11.6 Å². The predicted molar refractivity (Wildman–Crippen MR) is 56.1 cm³/mol. The molecule has 0 saturated heterocycles. The van der Waals surface area contributed by atoms with Gasteiger partial charge in [-0.25, -0.2) is 4.39 Å². The molecule has 1 nitrogen and oxygen atoms in total. The van der Waals surface area contributed by atoms with Crippen LogP contribution < -0.4 is 0 Å². The second-order valence-electron chi connectivity index (χ2n) is 2.67. The zero-order chi connectivity index (χ0) is 9.42. The minimum absolute atomic E-state index is 0.155. The van der Waals surface area contributed by atoms with E-state index in [-0.39, 0.29) is 10.9 Å². The van der Waals surface area contributed by atoms with E-state index >= 15 is 0 Å². The van der Waals surface area contributed by atoms with Gasteiger partial charge in [-0.2, -0.15) is 0 Å². The monoisotopic (exact) mass is 260 g/mol. The summed E-state index contributed by atoms with van der Waals surface area (Å²) in [5, 5.41) is 10.6. The molecule has 13 heavy (non-hydrogen) atoms. The number of benzene rings is 1. The summed E-state index contributed by atoms with van der Waals surface area (Å²) in [5.41, 5.74) is 1.00. The van der Waals surface area contributed by atoms with E-state index < -0.39 is 0 Å². The highest BCUT2D eigenvalue weighted by Crippen LogP contribution is 2.35. The molecule has 1 aromatic carbocycles. The second kappa shape index (κ2) is 3.27. The summed E-state index contributed by atoms with van der Waals surface area (Å²) < 4.78 is 14.0. The number of aromatic hydroxyl groups is 1. The fraction of sp³-hybridized carbons (Fsp3) is 0.111. The van der Waals surface area contributed by atoms with Gasteiger partial charge in [0, 0.05) is 21.5 Å². The lowest BCUT2D eigenvalue weighted by Crippen LogP contribution is -1.80. The molecule has 4 heteroatoms. The SMILES string of the molecule is Oc1cc2c(F)ccc(CBr)c2s1. The topological polar surface area (TPSA) is 20.2 Å². The van der Waals surface area contributed by atoms with E-state index in [1.165, 1.54) is 23.5 Å². The highest BCUT2D eigenvalue weighted by atomic mass is 79.9. The molecule has 0 radical (unpaired) electrons. The first kappa shape index (κ1) is 8.97. The van der Waals surface area contributed by atoms with E-state index in [9.17, 15) is 9.50 Å². The van der Waals surface area contributed by atoms with Gasteiger partial charge >= 0.3 is 0 Å². The Bertz CT molecular complexity index is 452. The number of halogens is 2. The molecule has 0 fully saturated rings. The van der Waals surface area contributed by atoms with Crippen molar-refractivity contribution < 1.29 is 9.50 Å². The van der Waals surface area contributed by atoms with Crippen molar-refractivity contribution in [2.24, 2.45) is 0 Å². The van der Waals surface area contributed by atoms with E-state index in [4.69, 9.17) is 0 Å². The summed E-state index contributed by atoms with van der Waals surface area (Å²) in [6.45, 7) is 0. The number of rotatable bonds is 1. The lowest BCUT2D eigenvalue weighted by Gasteiger charge is -1.97. The third kappa shape index (κ3) is 1.44. The van der Waals surface area contributed by atoms with Crippen molar-refractivity contribution in [3.8, 4) is 5.06 Å². The minimum atomic E-state index is -0.281. The largest absolute Gasteiger partial charge is 0.499 e. The molecule has 0 aliphatic carbocycles. The van der Waals surface area contributed by atoms with Gasteiger partial charge in [0.1, 0.15) is 5.82 Å². The molecular weight excluding hydrogens is 255 g/mol. The maximum Gasteiger partial charge on any atom is 0.172 e. The van der Waals surface area contributed by atoms with Crippen molar-refractivity contribution in [1.29, 1.82) is 0 Å². The summed E-state index contributed by atoms with van der Waals surface area (Å²) in [4.78, 5) is 0. The smallest absolute Gasteiger partial charge is 0.172 e. The number of thiophene rings is 1. The first-order valence-corrected chi connectivity index (χ1v) is 5.62. The van der Waals surface area contributed by atoms with Crippen LogP contribution in [0.3, 0.4) is 0 Å². The Hall–Kier alpha value is -0.610. The molecule has 0 aliphatic rings. The van der Waals surface area contributed by atoms with Gasteiger partial charge in [0.05, 0.1) is 0 Å². The Balaban J connectivity index is 2.83. The molecule has 0 atom stereocenters. The van der Waals surface area contributed by atoms with Crippen LogP contribution in [0.2, 0.25) is 0 Å². The zero-order valence-corrected chi connectivity index (χ0v) is 8.95. The summed E-state index contributed by atoms with van der Waals surface area (Å²) in [6.07, 6.45) is 0.